The van der Waals surface area contributed by atoms with Crippen LogP contribution in [0.4, 0.5) is 10.1 Å². The van der Waals surface area contributed by atoms with E-state index >= 15 is 0 Å². The van der Waals surface area contributed by atoms with Gasteiger partial charge in [-0.1, -0.05) is 37.5 Å². The molecular weight excluding hydrogens is 479 g/mol. The number of nitrogens with zero attached hydrogens (tertiary/aromatic N) is 1. The number of anilines is 1. The second kappa shape index (κ2) is 11.9. The van der Waals surface area contributed by atoms with E-state index < -0.39 is 17.8 Å². The van der Waals surface area contributed by atoms with Crippen LogP contribution in [-0.4, -0.2) is 30.9 Å². The lowest BCUT2D eigenvalue weighted by atomic mass is 9.94. The summed E-state index contributed by atoms with van der Waals surface area (Å²) < 4.78 is 18.6. The Bertz CT molecular complexity index is 1170. The van der Waals surface area contributed by atoms with Gasteiger partial charge in [-0.2, -0.15) is 0 Å². The summed E-state index contributed by atoms with van der Waals surface area (Å²) in [5, 5.41) is 5.03. The van der Waals surface area contributed by atoms with E-state index in [1.165, 1.54) is 47.6 Å². The second-order valence-corrected chi connectivity index (χ2v) is 9.89. The van der Waals surface area contributed by atoms with Crippen LogP contribution in [0.5, 0.6) is 0 Å². The fourth-order valence-corrected chi connectivity index (χ4v) is 5.25. The van der Waals surface area contributed by atoms with Crippen molar-refractivity contribution < 1.29 is 23.5 Å². The van der Waals surface area contributed by atoms with Gasteiger partial charge in [-0.3, -0.25) is 14.5 Å². The summed E-state index contributed by atoms with van der Waals surface area (Å²) in [6.45, 7) is 0. The Kier molecular flexibility index (Phi) is 8.48. The number of hydrogen-bond donors (Lipinski definition) is 1. The molecule has 6 nitrogen and oxygen atoms in total. The largest absolute Gasteiger partial charge is 0.465 e. The molecule has 188 valence electrons. The monoisotopic (exact) mass is 508 g/mol. The number of carbonyl (C=O) groups excluding carboxylic acids is 3. The Labute approximate surface area is 214 Å². The van der Waals surface area contributed by atoms with Crippen LogP contribution in [0, 0.1) is 5.82 Å². The number of rotatable bonds is 8. The lowest BCUT2D eigenvalue weighted by Crippen LogP contribution is -2.47. The molecule has 36 heavy (non-hydrogen) atoms. The Morgan fingerprint density at radius 3 is 2.33 bits per heavy atom. The van der Waals surface area contributed by atoms with Gasteiger partial charge < -0.3 is 10.1 Å². The number of thiophene rings is 1. The molecule has 0 spiro atoms. The van der Waals surface area contributed by atoms with Crippen molar-refractivity contribution in [1.29, 1.82) is 0 Å². The van der Waals surface area contributed by atoms with Gasteiger partial charge in [0, 0.05) is 16.6 Å². The van der Waals surface area contributed by atoms with Crippen molar-refractivity contribution in [2.75, 3.05) is 12.0 Å². The van der Waals surface area contributed by atoms with Crippen LogP contribution in [0.3, 0.4) is 0 Å². The van der Waals surface area contributed by atoms with Crippen molar-refractivity contribution in [3.8, 4) is 0 Å². The summed E-state index contributed by atoms with van der Waals surface area (Å²) in [6.07, 6.45) is 5.11. The lowest BCUT2D eigenvalue weighted by Gasteiger charge is -2.33. The minimum absolute atomic E-state index is 0.0325. The van der Waals surface area contributed by atoms with E-state index in [4.69, 9.17) is 4.74 Å². The second-order valence-electron chi connectivity index (χ2n) is 8.86. The summed E-state index contributed by atoms with van der Waals surface area (Å²) >= 11 is 1.46. The summed E-state index contributed by atoms with van der Waals surface area (Å²) in [6, 6.07) is 14.8. The average molecular weight is 509 g/mol. The molecule has 2 aromatic carbocycles. The van der Waals surface area contributed by atoms with Gasteiger partial charge in [-0.05, 0) is 66.2 Å². The number of ether oxygens (including phenoxy) is 1. The topological polar surface area (TPSA) is 75.7 Å². The maximum absolute atomic E-state index is 13.8. The van der Waals surface area contributed by atoms with Crippen LogP contribution in [0.15, 0.2) is 66.0 Å². The van der Waals surface area contributed by atoms with Gasteiger partial charge in [-0.15, -0.1) is 11.3 Å². The van der Waals surface area contributed by atoms with Gasteiger partial charge in [0.15, 0.2) is 0 Å². The molecule has 0 bridgehead atoms. The van der Waals surface area contributed by atoms with Crippen molar-refractivity contribution >= 4 is 34.8 Å². The number of halogens is 1. The zero-order valence-corrected chi connectivity index (χ0v) is 20.9. The molecule has 1 aromatic heterocycles. The van der Waals surface area contributed by atoms with Gasteiger partial charge in [0.05, 0.1) is 19.1 Å². The summed E-state index contributed by atoms with van der Waals surface area (Å²) in [7, 11) is 1.30. The van der Waals surface area contributed by atoms with E-state index in [1.54, 1.807) is 24.3 Å². The van der Waals surface area contributed by atoms with Crippen molar-refractivity contribution in [1.82, 2.24) is 5.32 Å². The molecule has 4 rings (SSSR count). The fourth-order valence-electron chi connectivity index (χ4n) is 4.55. The highest BCUT2D eigenvalue weighted by molar-refractivity contribution is 7.10. The zero-order valence-electron chi connectivity index (χ0n) is 20.1. The molecule has 1 heterocycles. The Morgan fingerprint density at radius 1 is 1.03 bits per heavy atom. The maximum Gasteiger partial charge on any atom is 0.337 e. The molecule has 1 atom stereocenters. The highest BCUT2D eigenvalue weighted by Gasteiger charge is 2.34. The number of amides is 2. The van der Waals surface area contributed by atoms with Gasteiger partial charge >= 0.3 is 5.97 Å². The number of carbonyl (C=O) groups is 3. The van der Waals surface area contributed by atoms with E-state index in [2.05, 4.69) is 5.32 Å². The van der Waals surface area contributed by atoms with Gasteiger partial charge in [0.1, 0.15) is 11.9 Å². The standard InChI is InChI=1S/C28H29FN2O4S/c1-35-28(34)20-11-15-23(16-12-20)31(25(32)18-24-8-5-17-36-24)26(19-9-13-21(29)14-10-19)27(33)30-22-6-3-2-4-7-22/h5,8-17,22,26H,2-4,6-7,18H2,1H3,(H,30,33)/t26-/m0/s1. The molecule has 1 aliphatic rings. The minimum Gasteiger partial charge on any atom is -0.465 e. The third-order valence-electron chi connectivity index (χ3n) is 6.38. The van der Waals surface area contributed by atoms with Crippen LogP contribution in [0.1, 0.15) is 58.9 Å². The third kappa shape index (κ3) is 6.18. The van der Waals surface area contributed by atoms with Gasteiger partial charge in [0.25, 0.3) is 0 Å². The molecule has 1 aliphatic carbocycles. The Hall–Kier alpha value is -3.52. The van der Waals surface area contributed by atoms with E-state index in [1.807, 2.05) is 17.5 Å². The first-order chi connectivity index (χ1) is 17.5. The quantitative estimate of drug-likeness (QED) is 0.411. The molecule has 1 N–H and O–H groups in total. The minimum atomic E-state index is -1.01. The third-order valence-corrected chi connectivity index (χ3v) is 7.26. The molecule has 3 aromatic rings. The van der Waals surface area contributed by atoms with E-state index in [0.29, 0.717) is 16.8 Å². The predicted octanol–water partition coefficient (Wildman–Crippen LogP) is 5.44. The Morgan fingerprint density at radius 2 is 1.72 bits per heavy atom. The predicted molar refractivity (Wildman–Crippen MR) is 137 cm³/mol. The first kappa shape index (κ1) is 25.6. The van der Waals surface area contributed by atoms with Crippen molar-refractivity contribution in [3.63, 3.8) is 0 Å². The van der Waals surface area contributed by atoms with Crippen LogP contribution in [0.25, 0.3) is 0 Å². The molecule has 2 amide bonds. The molecule has 0 aliphatic heterocycles. The first-order valence-corrected chi connectivity index (χ1v) is 12.9. The van der Waals surface area contributed by atoms with Crippen LogP contribution < -0.4 is 10.2 Å². The molecule has 0 saturated heterocycles. The zero-order chi connectivity index (χ0) is 25.5. The molecular formula is C28H29FN2O4S. The molecule has 0 radical (unpaired) electrons. The SMILES string of the molecule is COC(=O)c1ccc(N(C(=O)Cc2cccs2)[C@H](C(=O)NC2CCCCC2)c2ccc(F)cc2)cc1. The Balaban J connectivity index is 1.75. The van der Waals surface area contributed by atoms with Crippen LogP contribution in [0.2, 0.25) is 0 Å². The first-order valence-electron chi connectivity index (χ1n) is 12.0. The maximum atomic E-state index is 13.8. The van der Waals surface area contributed by atoms with Crippen LogP contribution >= 0.6 is 11.3 Å². The molecule has 0 unspecified atom stereocenters. The average Bonchev–Trinajstić information content (AvgIpc) is 3.41. The normalized spacial score (nSPS) is 14.6. The number of esters is 1. The number of nitrogens with one attached hydrogen (secondary N) is 1. The summed E-state index contributed by atoms with van der Waals surface area (Å²) in [5.41, 5.74) is 1.29. The van der Waals surface area contributed by atoms with Gasteiger partial charge in [0.2, 0.25) is 11.8 Å². The van der Waals surface area contributed by atoms with E-state index in [-0.39, 0.29) is 24.3 Å². The van der Waals surface area contributed by atoms with Crippen molar-refractivity contribution in [2.45, 2.75) is 50.6 Å². The summed E-state index contributed by atoms with van der Waals surface area (Å²) in [4.78, 5) is 41.8. The smallest absolute Gasteiger partial charge is 0.337 e. The van der Waals surface area contributed by atoms with E-state index in [9.17, 15) is 18.8 Å². The van der Waals surface area contributed by atoms with Gasteiger partial charge in [-0.25, -0.2) is 9.18 Å². The van der Waals surface area contributed by atoms with Crippen molar-refractivity contribution in [3.05, 3.63) is 87.9 Å². The highest BCUT2D eigenvalue weighted by atomic mass is 32.1. The molecule has 1 fully saturated rings. The van der Waals surface area contributed by atoms with Crippen LogP contribution in [-0.2, 0) is 20.7 Å². The number of hydrogen-bond acceptors (Lipinski definition) is 5. The summed E-state index contributed by atoms with van der Waals surface area (Å²) in [5.74, 6) is -1.52. The fraction of sp³-hybridized carbons (Fsp3) is 0.321. The molecule has 1 saturated carbocycles. The lowest BCUT2D eigenvalue weighted by molar-refractivity contribution is -0.127. The number of methoxy groups -OCH3 is 1. The van der Waals surface area contributed by atoms with Crippen molar-refractivity contribution in [2.24, 2.45) is 0 Å². The molecule has 8 heteroatoms. The number of benzene rings is 2. The highest BCUT2D eigenvalue weighted by Crippen LogP contribution is 2.31. The van der Waals surface area contributed by atoms with E-state index in [0.717, 1.165) is 37.0 Å².